The molecule has 7 heteroatoms. The first-order valence-electron chi connectivity index (χ1n) is 10.2. The molecule has 0 aliphatic heterocycles. The topological polar surface area (TPSA) is 77.8 Å². The van der Waals surface area contributed by atoms with E-state index in [1.54, 1.807) is 49.4 Å². The molecule has 6 nitrogen and oxygen atoms in total. The second-order valence-electron chi connectivity index (χ2n) is 7.44. The van der Waals surface area contributed by atoms with Gasteiger partial charge in [-0.05, 0) is 57.0 Å². The van der Waals surface area contributed by atoms with Gasteiger partial charge in [0.25, 0.3) is 5.91 Å². The highest BCUT2D eigenvalue weighted by Crippen LogP contribution is 2.27. The molecule has 0 atom stereocenters. The third-order valence-electron chi connectivity index (χ3n) is 4.64. The van der Waals surface area contributed by atoms with Crippen LogP contribution in [0.3, 0.4) is 0 Å². The molecular formula is C24H26ClNO5. The Hall–Kier alpha value is -2.83. The molecule has 1 N–H and O–H groups in total. The molecular weight excluding hydrogens is 418 g/mol. The maximum Gasteiger partial charge on any atom is 0.257 e. The Labute approximate surface area is 186 Å². The van der Waals surface area contributed by atoms with Crippen LogP contribution in [0.4, 0.5) is 0 Å². The number of aryl methyl sites for hydroxylation is 1. The fourth-order valence-electron chi connectivity index (χ4n) is 3.14. The van der Waals surface area contributed by atoms with Gasteiger partial charge < -0.3 is 19.2 Å². The van der Waals surface area contributed by atoms with Crippen LogP contribution in [0.2, 0.25) is 5.02 Å². The average molecular weight is 444 g/mol. The lowest BCUT2D eigenvalue weighted by Gasteiger charge is -2.10. The van der Waals surface area contributed by atoms with Crippen molar-refractivity contribution in [3.8, 4) is 16.9 Å². The number of rotatable bonds is 9. The lowest BCUT2D eigenvalue weighted by Crippen LogP contribution is -2.30. The Balaban J connectivity index is 1.66. The molecule has 2 aromatic carbocycles. The van der Waals surface area contributed by atoms with E-state index in [4.69, 9.17) is 25.5 Å². The molecule has 0 aliphatic carbocycles. The Bertz CT molecular complexity index is 1110. The van der Waals surface area contributed by atoms with Crippen LogP contribution in [0.25, 0.3) is 22.1 Å². The van der Waals surface area contributed by atoms with Gasteiger partial charge in [-0.2, -0.15) is 0 Å². The predicted molar refractivity (Wildman–Crippen MR) is 122 cm³/mol. The van der Waals surface area contributed by atoms with Crippen molar-refractivity contribution < 1.29 is 18.7 Å². The van der Waals surface area contributed by atoms with E-state index >= 15 is 0 Å². The van der Waals surface area contributed by atoms with Crippen molar-refractivity contribution in [2.75, 3.05) is 19.8 Å². The number of hydrogen-bond acceptors (Lipinski definition) is 5. The van der Waals surface area contributed by atoms with Crippen molar-refractivity contribution in [3.63, 3.8) is 0 Å². The van der Waals surface area contributed by atoms with Crippen LogP contribution in [-0.2, 0) is 9.53 Å². The number of carbonyl (C=O) groups excluding carboxylic acids is 1. The molecule has 164 valence electrons. The quantitative estimate of drug-likeness (QED) is 0.483. The largest absolute Gasteiger partial charge is 0.484 e. The maximum absolute atomic E-state index is 13.0. The highest BCUT2D eigenvalue weighted by molar-refractivity contribution is 6.30. The summed E-state index contributed by atoms with van der Waals surface area (Å²) in [7, 11) is 0. The van der Waals surface area contributed by atoms with Gasteiger partial charge in [0.2, 0.25) is 5.43 Å². The van der Waals surface area contributed by atoms with Crippen molar-refractivity contribution >= 4 is 28.5 Å². The van der Waals surface area contributed by atoms with Gasteiger partial charge >= 0.3 is 0 Å². The zero-order valence-corrected chi connectivity index (χ0v) is 18.6. The van der Waals surface area contributed by atoms with Gasteiger partial charge in [-0.25, -0.2) is 0 Å². The van der Waals surface area contributed by atoms with E-state index in [1.807, 2.05) is 13.8 Å². The summed E-state index contributed by atoms with van der Waals surface area (Å²) in [4.78, 5) is 25.0. The summed E-state index contributed by atoms with van der Waals surface area (Å²) >= 11 is 5.95. The zero-order valence-electron chi connectivity index (χ0n) is 17.9. The van der Waals surface area contributed by atoms with Crippen LogP contribution in [0.15, 0.2) is 51.7 Å². The van der Waals surface area contributed by atoms with E-state index in [-0.39, 0.29) is 24.0 Å². The second kappa shape index (κ2) is 10.5. The molecule has 3 rings (SSSR count). The molecule has 0 spiro atoms. The normalized spacial score (nSPS) is 11.1. The van der Waals surface area contributed by atoms with Crippen molar-refractivity contribution in [2.45, 2.75) is 33.3 Å². The zero-order chi connectivity index (χ0) is 22.4. The smallest absolute Gasteiger partial charge is 0.257 e. The molecule has 1 amide bonds. The highest BCUT2D eigenvalue weighted by Gasteiger charge is 2.14. The molecule has 0 saturated heterocycles. The van der Waals surface area contributed by atoms with Crippen LogP contribution in [0.5, 0.6) is 5.75 Å². The Morgan fingerprint density at radius 3 is 2.61 bits per heavy atom. The number of halogens is 1. The SMILES string of the molecule is Cc1oc2cc(OCC(=O)NCCCOC(C)C)ccc2c(=O)c1-c1ccc(Cl)cc1. The third kappa shape index (κ3) is 6.09. The Morgan fingerprint density at radius 1 is 1.16 bits per heavy atom. The average Bonchev–Trinajstić information content (AvgIpc) is 2.73. The fourth-order valence-corrected chi connectivity index (χ4v) is 3.27. The van der Waals surface area contributed by atoms with Crippen molar-refractivity contribution in [1.29, 1.82) is 0 Å². The molecule has 0 radical (unpaired) electrons. The lowest BCUT2D eigenvalue weighted by molar-refractivity contribution is -0.123. The standard InChI is InChI=1S/C24H26ClNO5/c1-15(2)29-12-4-11-26-22(27)14-30-19-9-10-20-21(13-19)31-16(3)23(24(20)28)17-5-7-18(25)8-6-17/h5-10,13,15H,4,11-12,14H2,1-3H3,(H,26,27). The molecule has 0 fully saturated rings. The molecule has 0 unspecified atom stereocenters. The van der Waals surface area contributed by atoms with Crippen LogP contribution in [-0.4, -0.2) is 31.8 Å². The fraction of sp³-hybridized carbons (Fsp3) is 0.333. The van der Waals surface area contributed by atoms with Gasteiger partial charge in [-0.1, -0.05) is 23.7 Å². The molecule has 1 heterocycles. The molecule has 31 heavy (non-hydrogen) atoms. The van der Waals surface area contributed by atoms with Crippen LogP contribution >= 0.6 is 11.6 Å². The van der Waals surface area contributed by atoms with E-state index in [1.165, 1.54) is 0 Å². The minimum Gasteiger partial charge on any atom is -0.484 e. The first-order chi connectivity index (χ1) is 14.8. The van der Waals surface area contributed by atoms with Gasteiger partial charge in [0.05, 0.1) is 17.1 Å². The summed E-state index contributed by atoms with van der Waals surface area (Å²) in [5, 5.41) is 3.83. The highest BCUT2D eigenvalue weighted by atomic mass is 35.5. The second-order valence-corrected chi connectivity index (χ2v) is 7.88. The summed E-state index contributed by atoms with van der Waals surface area (Å²) in [5.41, 5.74) is 1.52. The van der Waals surface area contributed by atoms with Crippen molar-refractivity contribution in [2.24, 2.45) is 0 Å². The summed E-state index contributed by atoms with van der Waals surface area (Å²) in [6.45, 7) is 6.68. The van der Waals surface area contributed by atoms with Crippen LogP contribution in [0.1, 0.15) is 26.0 Å². The number of nitrogens with one attached hydrogen (secondary N) is 1. The first kappa shape index (κ1) is 22.8. The first-order valence-corrected chi connectivity index (χ1v) is 10.6. The van der Waals surface area contributed by atoms with Gasteiger partial charge in [-0.15, -0.1) is 0 Å². The molecule has 3 aromatic rings. The van der Waals surface area contributed by atoms with E-state index in [2.05, 4.69) is 5.32 Å². The number of carbonyl (C=O) groups is 1. The Kier molecular flexibility index (Phi) is 7.71. The van der Waals surface area contributed by atoms with E-state index < -0.39 is 0 Å². The van der Waals surface area contributed by atoms with Crippen LogP contribution < -0.4 is 15.5 Å². The summed E-state index contributed by atoms with van der Waals surface area (Å²) in [6.07, 6.45) is 0.915. The molecule has 0 aliphatic rings. The molecule has 0 saturated carbocycles. The summed E-state index contributed by atoms with van der Waals surface area (Å²) in [5.74, 6) is 0.728. The number of ether oxygens (including phenoxy) is 2. The summed E-state index contributed by atoms with van der Waals surface area (Å²) < 4.78 is 16.9. The summed E-state index contributed by atoms with van der Waals surface area (Å²) in [6, 6.07) is 12.0. The lowest BCUT2D eigenvalue weighted by atomic mass is 10.0. The predicted octanol–water partition coefficient (Wildman–Crippen LogP) is 4.73. The van der Waals surface area contributed by atoms with Crippen molar-refractivity contribution in [3.05, 3.63) is 63.5 Å². The number of fused-ring (bicyclic) bond motifs is 1. The van der Waals surface area contributed by atoms with E-state index in [0.29, 0.717) is 46.2 Å². The monoisotopic (exact) mass is 443 g/mol. The van der Waals surface area contributed by atoms with Gasteiger partial charge in [0.15, 0.2) is 6.61 Å². The van der Waals surface area contributed by atoms with Gasteiger partial charge in [0, 0.05) is 24.2 Å². The third-order valence-corrected chi connectivity index (χ3v) is 4.89. The number of amides is 1. The Morgan fingerprint density at radius 2 is 1.90 bits per heavy atom. The molecule has 0 bridgehead atoms. The van der Waals surface area contributed by atoms with E-state index in [0.717, 1.165) is 12.0 Å². The van der Waals surface area contributed by atoms with Gasteiger partial charge in [0.1, 0.15) is 17.1 Å². The minimum atomic E-state index is -0.222. The van der Waals surface area contributed by atoms with Crippen molar-refractivity contribution in [1.82, 2.24) is 5.32 Å². The number of hydrogen-bond donors (Lipinski definition) is 1. The van der Waals surface area contributed by atoms with E-state index in [9.17, 15) is 9.59 Å². The molecule has 1 aromatic heterocycles. The van der Waals surface area contributed by atoms with Crippen LogP contribution in [0, 0.1) is 6.92 Å². The minimum absolute atomic E-state index is 0.122. The van der Waals surface area contributed by atoms with Gasteiger partial charge in [-0.3, -0.25) is 9.59 Å². The maximum atomic E-state index is 13.0. The number of benzene rings is 2.